The summed E-state index contributed by atoms with van der Waals surface area (Å²) in [6.45, 7) is 0. The van der Waals surface area contributed by atoms with Crippen LogP contribution in [0.1, 0.15) is 43.2 Å². The van der Waals surface area contributed by atoms with Crippen molar-refractivity contribution in [2.75, 3.05) is 4.90 Å². The van der Waals surface area contributed by atoms with Crippen LogP contribution in [0.5, 0.6) is 0 Å². The smallest absolute Gasteiger partial charge is 0.0476 e. The molecule has 5 aliphatic rings. The molecule has 11 rings (SSSR count). The van der Waals surface area contributed by atoms with Crippen LogP contribution < -0.4 is 4.90 Å². The summed E-state index contributed by atoms with van der Waals surface area (Å²) in [6.07, 6.45) is 7.19. The first kappa shape index (κ1) is 23.7. The van der Waals surface area contributed by atoms with Gasteiger partial charge < -0.3 is 4.90 Å². The Hall–Kier alpha value is -3.88. The molecule has 0 amide bonds. The van der Waals surface area contributed by atoms with E-state index in [-0.39, 0.29) is 5.41 Å². The highest BCUT2D eigenvalue weighted by atomic mass is 32.1. The van der Waals surface area contributed by atoms with Crippen LogP contribution in [0.3, 0.4) is 0 Å². The van der Waals surface area contributed by atoms with Crippen molar-refractivity contribution >= 4 is 48.6 Å². The first-order chi connectivity index (χ1) is 20.8. The Balaban J connectivity index is 1.17. The van der Waals surface area contributed by atoms with Crippen LogP contribution in [0, 0.1) is 23.7 Å². The van der Waals surface area contributed by atoms with E-state index in [1.54, 1.807) is 11.1 Å². The number of nitrogens with zero attached hydrogens (tertiary/aromatic N) is 1. The minimum atomic E-state index is 0.214. The van der Waals surface area contributed by atoms with E-state index in [9.17, 15) is 0 Å². The van der Waals surface area contributed by atoms with Crippen molar-refractivity contribution < 1.29 is 0 Å². The minimum Gasteiger partial charge on any atom is -0.310 e. The quantitative estimate of drug-likeness (QED) is 0.208. The molecule has 4 bridgehead atoms. The molecule has 42 heavy (non-hydrogen) atoms. The van der Waals surface area contributed by atoms with Crippen molar-refractivity contribution in [3.8, 4) is 11.1 Å². The van der Waals surface area contributed by atoms with Crippen molar-refractivity contribution in [1.29, 1.82) is 0 Å². The molecule has 5 aromatic carbocycles. The van der Waals surface area contributed by atoms with Gasteiger partial charge in [-0.3, -0.25) is 0 Å². The molecule has 0 saturated heterocycles. The summed E-state index contributed by atoms with van der Waals surface area (Å²) < 4.78 is 2.69. The van der Waals surface area contributed by atoms with Crippen LogP contribution >= 0.6 is 11.3 Å². The molecule has 1 heterocycles. The van der Waals surface area contributed by atoms with Gasteiger partial charge in [-0.15, -0.1) is 11.3 Å². The number of rotatable bonds is 3. The SMILES string of the molecule is c1ccc(N(c2ccc3c(c2)-c2ccccc2C32C3CC4CC(C3)CC2C4)c2ccc3c(c2)sc2ccccc23)cc1. The molecule has 0 N–H and O–H groups in total. The lowest BCUT2D eigenvalue weighted by Gasteiger charge is -2.61. The predicted octanol–water partition coefficient (Wildman–Crippen LogP) is 11.2. The summed E-state index contributed by atoms with van der Waals surface area (Å²) in [6, 6.07) is 43.7. The second-order valence-electron chi connectivity index (χ2n) is 13.4. The Bertz CT molecular complexity index is 1990. The van der Waals surface area contributed by atoms with Gasteiger partial charge in [-0.2, -0.15) is 0 Å². The highest BCUT2D eigenvalue weighted by molar-refractivity contribution is 7.25. The number of anilines is 3. The summed E-state index contributed by atoms with van der Waals surface area (Å²) in [5.74, 6) is 3.52. The predicted molar refractivity (Wildman–Crippen MR) is 177 cm³/mol. The van der Waals surface area contributed by atoms with Gasteiger partial charge >= 0.3 is 0 Å². The summed E-state index contributed by atoms with van der Waals surface area (Å²) in [4.78, 5) is 2.47. The van der Waals surface area contributed by atoms with Crippen LogP contribution in [0.15, 0.2) is 115 Å². The van der Waals surface area contributed by atoms with Crippen LogP contribution in [0.2, 0.25) is 0 Å². The lowest BCUT2D eigenvalue weighted by atomic mass is 9.43. The Morgan fingerprint density at radius 1 is 0.500 bits per heavy atom. The molecule has 2 heteroatoms. The molecule has 5 aliphatic carbocycles. The molecule has 6 aromatic rings. The van der Waals surface area contributed by atoms with Gasteiger partial charge in [-0.1, -0.05) is 72.8 Å². The molecule has 1 nitrogen and oxygen atoms in total. The first-order valence-corrected chi connectivity index (χ1v) is 16.6. The standard InChI is InChI=1S/C40H33NS/c1-2-8-29(9-3-1)41(31-14-16-34-33-11-5-7-13-38(33)42-39(34)24-31)30-15-17-37-35(23-30)32-10-4-6-12-36(32)40(37)27-19-25-18-26(21-27)22-28(40)20-25/h1-17,23-28H,18-22H2. The maximum absolute atomic E-state index is 2.54. The van der Waals surface area contributed by atoms with Crippen molar-refractivity contribution in [3.05, 3.63) is 126 Å². The molecule has 1 aromatic heterocycles. The molecular weight excluding hydrogens is 527 g/mol. The Morgan fingerprint density at radius 3 is 1.98 bits per heavy atom. The zero-order chi connectivity index (χ0) is 27.4. The summed E-state index contributed by atoms with van der Waals surface area (Å²) in [5.41, 5.74) is 10.1. The van der Waals surface area contributed by atoms with E-state index in [1.807, 2.05) is 11.3 Å². The third-order valence-corrected chi connectivity index (χ3v) is 12.6. The normalized spacial score (nSPS) is 26.7. The number of para-hydroxylation sites is 1. The van der Waals surface area contributed by atoms with E-state index in [2.05, 4.69) is 120 Å². The number of thiophene rings is 1. The number of fused-ring (bicyclic) bond motifs is 6. The van der Waals surface area contributed by atoms with Gasteiger partial charge in [0.1, 0.15) is 0 Å². The van der Waals surface area contributed by atoms with Crippen molar-refractivity contribution in [2.45, 2.75) is 37.5 Å². The zero-order valence-corrected chi connectivity index (χ0v) is 24.5. The van der Waals surface area contributed by atoms with Crippen LogP contribution in [-0.2, 0) is 5.41 Å². The van der Waals surface area contributed by atoms with Gasteiger partial charge in [-0.05, 0) is 120 Å². The second-order valence-corrected chi connectivity index (χ2v) is 14.5. The van der Waals surface area contributed by atoms with Crippen molar-refractivity contribution in [2.24, 2.45) is 23.7 Å². The van der Waals surface area contributed by atoms with Crippen molar-refractivity contribution in [1.82, 2.24) is 0 Å². The molecule has 1 spiro atoms. The minimum absolute atomic E-state index is 0.214. The van der Waals surface area contributed by atoms with Gasteiger partial charge in [0.05, 0.1) is 0 Å². The summed E-state index contributed by atoms with van der Waals surface area (Å²) in [5, 5.41) is 2.70. The maximum atomic E-state index is 2.54. The van der Waals surface area contributed by atoms with Gasteiger partial charge in [0.15, 0.2) is 0 Å². The van der Waals surface area contributed by atoms with Crippen LogP contribution in [0.4, 0.5) is 17.1 Å². The topological polar surface area (TPSA) is 3.24 Å². The van der Waals surface area contributed by atoms with Crippen LogP contribution in [-0.4, -0.2) is 0 Å². The fraction of sp³-hybridized carbons (Fsp3) is 0.250. The summed E-state index contributed by atoms with van der Waals surface area (Å²) in [7, 11) is 0. The number of hydrogen-bond donors (Lipinski definition) is 0. The Labute approximate surface area is 251 Å². The van der Waals surface area contributed by atoms with E-state index < -0.39 is 0 Å². The highest BCUT2D eigenvalue weighted by Crippen LogP contribution is 2.69. The fourth-order valence-corrected chi connectivity index (χ4v) is 11.3. The van der Waals surface area contributed by atoms with Gasteiger partial charge in [0.2, 0.25) is 0 Å². The van der Waals surface area contributed by atoms with Gasteiger partial charge in [0.25, 0.3) is 0 Å². The Morgan fingerprint density at radius 2 is 1.14 bits per heavy atom. The molecule has 0 atom stereocenters. The molecule has 4 saturated carbocycles. The maximum Gasteiger partial charge on any atom is 0.0476 e. The third-order valence-electron chi connectivity index (χ3n) is 11.4. The van der Waals surface area contributed by atoms with Crippen LogP contribution in [0.25, 0.3) is 31.3 Å². The van der Waals surface area contributed by atoms with E-state index >= 15 is 0 Å². The lowest BCUT2D eigenvalue weighted by Crippen LogP contribution is -2.55. The molecule has 204 valence electrons. The fourth-order valence-electron chi connectivity index (χ4n) is 10.2. The number of benzene rings is 5. The monoisotopic (exact) mass is 559 g/mol. The first-order valence-electron chi connectivity index (χ1n) is 15.8. The molecule has 0 unspecified atom stereocenters. The highest BCUT2D eigenvalue weighted by Gasteiger charge is 2.61. The molecule has 0 aliphatic heterocycles. The largest absolute Gasteiger partial charge is 0.310 e. The zero-order valence-electron chi connectivity index (χ0n) is 23.7. The molecule has 0 radical (unpaired) electrons. The van der Waals surface area contributed by atoms with Gasteiger partial charge in [0, 0.05) is 42.6 Å². The Kier molecular flexibility index (Phi) is 4.83. The van der Waals surface area contributed by atoms with E-state index in [4.69, 9.17) is 0 Å². The molecule has 4 fully saturated rings. The third kappa shape index (κ3) is 3.09. The number of hydrogen-bond acceptors (Lipinski definition) is 2. The van der Waals surface area contributed by atoms with E-state index in [0.717, 1.165) is 23.7 Å². The van der Waals surface area contributed by atoms with Gasteiger partial charge in [-0.25, -0.2) is 0 Å². The average molecular weight is 560 g/mol. The van der Waals surface area contributed by atoms with Crippen molar-refractivity contribution in [3.63, 3.8) is 0 Å². The average Bonchev–Trinajstić information content (AvgIpc) is 3.54. The summed E-state index contributed by atoms with van der Waals surface area (Å²) >= 11 is 1.90. The lowest BCUT2D eigenvalue weighted by molar-refractivity contribution is -0.0399. The second kappa shape index (κ2) is 8.58. The molecular formula is C40H33NS. The van der Waals surface area contributed by atoms with E-state index in [1.165, 1.54) is 80.5 Å². The van der Waals surface area contributed by atoms with E-state index in [0.29, 0.717) is 0 Å².